The van der Waals surface area contributed by atoms with Gasteiger partial charge in [0.05, 0.1) is 7.11 Å². The summed E-state index contributed by atoms with van der Waals surface area (Å²) >= 11 is 0. The van der Waals surface area contributed by atoms with Crippen LogP contribution in [0.15, 0.2) is 12.2 Å². The third-order valence-corrected chi connectivity index (χ3v) is 6.45. The Bertz CT molecular complexity index is 720. The first-order valence-corrected chi connectivity index (χ1v) is 12.7. The first kappa shape index (κ1) is 28.3. The summed E-state index contributed by atoms with van der Waals surface area (Å²) < 4.78 is 22.3. The number of carbonyl (C=O) groups excluding carboxylic acids is 3. The fraction of sp³-hybridized carbons (Fsp3) is 0.808. The van der Waals surface area contributed by atoms with Crippen molar-refractivity contribution in [1.29, 1.82) is 0 Å². The Hall–Kier alpha value is -1.93. The van der Waals surface area contributed by atoms with Crippen LogP contribution in [0.4, 0.5) is 4.79 Å². The van der Waals surface area contributed by atoms with Crippen molar-refractivity contribution in [3.8, 4) is 0 Å². The van der Waals surface area contributed by atoms with E-state index in [9.17, 15) is 14.4 Å². The van der Waals surface area contributed by atoms with Crippen molar-refractivity contribution in [2.45, 2.75) is 128 Å². The second-order valence-electron chi connectivity index (χ2n) is 9.94. The molecule has 0 aliphatic carbocycles. The van der Waals surface area contributed by atoms with E-state index in [1.54, 1.807) is 20.8 Å². The number of unbranched alkanes of at least 4 members (excludes halogenated alkanes) is 7. The highest BCUT2D eigenvalue weighted by atomic mass is 16.8. The van der Waals surface area contributed by atoms with Crippen molar-refractivity contribution >= 4 is 17.8 Å². The number of amides is 1. The summed E-state index contributed by atoms with van der Waals surface area (Å²) in [5.41, 5.74) is -1.36. The van der Waals surface area contributed by atoms with Crippen LogP contribution in [-0.2, 0) is 28.5 Å². The minimum absolute atomic E-state index is 0.393. The molecule has 8 nitrogen and oxygen atoms in total. The maximum Gasteiger partial charge on any atom is 0.408 e. The fourth-order valence-corrected chi connectivity index (χ4v) is 4.56. The van der Waals surface area contributed by atoms with Crippen molar-refractivity contribution in [3.05, 3.63) is 12.2 Å². The second kappa shape index (κ2) is 13.2. The number of cyclic esters (lactones) is 1. The SMILES string of the molecule is CCCCCCC(=O)CCCCCC/C=C\[C@@H]1OC(C)(C)O[C@H]1[C@@H]1OC(=O)N[C@]1(C)C(=O)OC. The molecule has 0 spiro atoms. The number of alkyl carbamates (subject to hydrolysis) is 1. The molecule has 1 N–H and O–H groups in total. The topological polar surface area (TPSA) is 100 Å². The van der Waals surface area contributed by atoms with Gasteiger partial charge in [0, 0.05) is 12.8 Å². The summed E-state index contributed by atoms with van der Waals surface area (Å²) in [6.07, 6.45) is 12.2. The van der Waals surface area contributed by atoms with Gasteiger partial charge in [0.25, 0.3) is 0 Å². The van der Waals surface area contributed by atoms with Crippen molar-refractivity contribution in [2.75, 3.05) is 7.11 Å². The lowest BCUT2D eigenvalue weighted by molar-refractivity contribution is -0.164. The molecule has 8 heteroatoms. The van der Waals surface area contributed by atoms with E-state index in [-0.39, 0.29) is 0 Å². The summed E-state index contributed by atoms with van der Waals surface area (Å²) in [4.78, 5) is 36.2. The molecule has 0 aromatic heterocycles. The highest BCUT2D eigenvalue weighted by molar-refractivity contribution is 5.89. The maximum absolute atomic E-state index is 12.4. The number of nitrogens with one attached hydrogen (secondary N) is 1. The minimum atomic E-state index is -1.36. The molecule has 0 aromatic rings. The average Bonchev–Trinajstić information content (AvgIpc) is 3.26. The summed E-state index contributed by atoms with van der Waals surface area (Å²) in [6, 6.07) is 0. The molecule has 0 saturated carbocycles. The Morgan fingerprint density at radius 2 is 1.65 bits per heavy atom. The molecule has 194 valence electrons. The average molecular weight is 482 g/mol. The Balaban J connectivity index is 1.77. The predicted molar refractivity (Wildman–Crippen MR) is 128 cm³/mol. The third kappa shape index (κ3) is 8.08. The van der Waals surface area contributed by atoms with Crippen LogP contribution in [0.2, 0.25) is 0 Å². The molecule has 2 rings (SSSR count). The predicted octanol–water partition coefficient (Wildman–Crippen LogP) is 4.98. The first-order valence-electron chi connectivity index (χ1n) is 12.7. The van der Waals surface area contributed by atoms with E-state index >= 15 is 0 Å². The molecular formula is C26H43NO7. The molecule has 2 fully saturated rings. The van der Waals surface area contributed by atoms with Gasteiger partial charge in [-0.05, 0) is 46.5 Å². The summed E-state index contributed by atoms with van der Waals surface area (Å²) in [5.74, 6) is -1.09. The lowest BCUT2D eigenvalue weighted by Crippen LogP contribution is -2.58. The molecule has 4 atom stereocenters. The van der Waals surface area contributed by atoms with E-state index in [1.807, 2.05) is 12.2 Å². The van der Waals surface area contributed by atoms with Crippen LogP contribution < -0.4 is 5.32 Å². The number of ketones is 1. The van der Waals surface area contributed by atoms with Gasteiger partial charge in [0.2, 0.25) is 0 Å². The lowest BCUT2D eigenvalue weighted by Gasteiger charge is -2.30. The first-order chi connectivity index (χ1) is 16.1. The number of hydrogen-bond donors (Lipinski definition) is 1. The van der Waals surface area contributed by atoms with Gasteiger partial charge in [-0.2, -0.15) is 0 Å². The van der Waals surface area contributed by atoms with Crippen LogP contribution in [0, 0.1) is 0 Å². The van der Waals surface area contributed by atoms with Gasteiger partial charge in [-0.25, -0.2) is 9.59 Å². The molecule has 2 heterocycles. The number of Topliss-reactive ketones (excluding diaryl/α,β-unsaturated/α-hetero) is 1. The van der Waals surface area contributed by atoms with Crippen LogP contribution in [0.5, 0.6) is 0 Å². The standard InChI is InChI=1S/C26H43NO7/c1-6-7-8-13-16-19(28)17-14-11-9-10-12-15-18-20-21(34-25(2,3)33-20)22-26(4,23(29)31-5)27-24(30)32-22/h15,18,20-22H,6-14,16-17H2,1-5H3,(H,27,30)/b18-15-/t20-,21+,22-,26-/m0/s1. The van der Waals surface area contributed by atoms with Crippen LogP contribution in [-0.4, -0.2) is 54.6 Å². The lowest BCUT2D eigenvalue weighted by atomic mass is 9.89. The van der Waals surface area contributed by atoms with Crippen LogP contribution in [0.25, 0.3) is 0 Å². The largest absolute Gasteiger partial charge is 0.467 e. The van der Waals surface area contributed by atoms with Crippen LogP contribution in [0.3, 0.4) is 0 Å². The van der Waals surface area contributed by atoms with Crippen molar-refractivity contribution in [1.82, 2.24) is 5.32 Å². The Labute approximate surface area is 204 Å². The number of esters is 1. The van der Waals surface area contributed by atoms with Gasteiger partial charge in [-0.1, -0.05) is 51.2 Å². The minimum Gasteiger partial charge on any atom is -0.467 e. The van der Waals surface area contributed by atoms with Gasteiger partial charge in [-0.15, -0.1) is 0 Å². The van der Waals surface area contributed by atoms with E-state index in [4.69, 9.17) is 18.9 Å². The highest BCUT2D eigenvalue weighted by Crippen LogP contribution is 2.37. The molecule has 1 amide bonds. The number of allylic oxidation sites excluding steroid dienone is 1. The van der Waals surface area contributed by atoms with Crippen LogP contribution >= 0.6 is 0 Å². The van der Waals surface area contributed by atoms with Gasteiger partial charge in [0.15, 0.2) is 17.4 Å². The van der Waals surface area contributed by atoms with E-state index in [0.717, 1.165) is 51.4 Å². The quantitative estimate of drug-likeness (QED) is 0.200. The Morgan fingerprint density at radius 1 is 1.00 bits per heavy atom. The number of methoxy groups -OCH3 is 1. The molecule has 0 bridgehead atoms. The molecular weight excluding hydrogens is 438 g/mol. The molecule has 0 aromatic carbocycles. The maximum atomic E-state index is 12.4. The number of carbonyl (C=O) groups is 3. The van der Waals surface area contributed by atoms with E-state index in [2.05, 4.69) is 12.2 Å². The van der Waals surface area contributed by atoms with Gasteiger partial charge < -0.3 is 24.3 Å². The molecule has 0 radical (unpaired) electrons. The zero-order chi connectivity index (χ0) is 25.2. The zero-order valence-electron chi connectivity index (χ0n) is 21.5. The number of ether oxygens (including phenoxy) is 4. The van der Waals surface area contributed by atoms with Gasteiger partial charge in [-0.3, -0.25) is 4.79 Å². The fourth-order valence-electron chi connectivity index (χ4n) is 4.56. The van der Waals surface area contributed by atoms with Gasteiger partial charge in [0.1, 0.15) is 18.0 Å². The van der Waals surface area contributed by atoms with E-state index in [0.29, 0.717) is 12.2 Å². The van der Waals surface area contributed by atoms with Crippen molar-refractivity contribution in [2.24, 2.45) is 0 Å². The molecule has 34 heavy (non-hydrogen) atoms. The number of rotatable bonds is 15. The monoisotopic (exact) mass is 481 g/mol. The Morgan fingerprint density at radius 3 is 2.29 bits per heavy atom. The van der Waals surface area contributed by atoms with Crippen LogP contribution in [0.1, 0.15) is 98.3 Å². The van der Waals surface area contributed by atoms with Crippen molar-refractivity contribution < 1.29 is 33.3 Å². The van der Waals surface area contributed by atoms with E-state index in [1.165, 1.54) is 20.0 Å². The molecule has 0 unspecified atom stereocenters. The Kier molecular flexibility index (Phi) is 11.0. The summed E-state index contributed by atoms with van der Waals surface area (Å²) in [7, 11) is 1.27. The zero-order valence-corrected chi connectivity index (χ0v) is 21.5. The summed E-state index contributed by atoms with van der Waals surface area (Å²) in [6.45, 7) is 7.33. The third-order valence-electron chi connectivity index (χ3n) is 6.45. The molecule has 2 saturated heterocycles. The van der Waals surface area contributed by atoms with Crippen molar-refractivity contribution in [3.63, 3.8) is 0 Å². The normalized spacial score (nSPS) is 28.1. The molecule has 2 aliphatic heterocycles. The van der Waals surface area contributed by atoms with E-state index < -0.39 is 41.7 Å². The number of hydrogen-bond acceptors (Lipinski definition) is 7. The highest BCUT2D eigenvalue weighted by Gasteiger charge is 2.60. The smallest absolute Gasteiger partial charge is 0.408 e. The molecule has 2 aliphatic rings. The summed E-state index contributed by atoms with van der Waals surface area (Å²) in [5, 5.41) is 2.56. The van der Waals surface area contributed by atoms with Gasteiger partial charge >= 0.3 is 12.1 Å². The second-order valence-corrected chi connectivity index (χ2v) is 9.94.